The number of methoxy groups -OCH3 is 2. The number of urea groups is 1. The van der Waals surface area contributed by atoms with Crippen molar-refractivity contribution in [3.8, 4) is 11.5 Å². The summed E-state index contributed by atoms with van der Waals surface area (Å²) in [7, 11) is 2.70. The van der Waals surface area contributed by atoms with Gasteiger partial charge in [0.15, 0.2) is 11.5 Å². The smallest absolute Gasteiger partial charge is 0.373 e. The Bertz CT molecular complexity index is 1350. The number of carbonyl (C=O) groups excluding carboxylic acids is 3. The van der Waals surface area contributed by atoms with E-state index in [0.717, 1.165) is 14.9 Å². The van der Waals surface area contributed by atoms with Crippen molar-refractivity contribution in [1.82, 2.24) is 10.2 Å². The predicted molar refractivity (Wildman–Crippen MR) is 134 cm³/mol. The number of imide groups is 1. The molecule has 3 aromatic rings. The standard InChI is InChI=1S/C25H20BrClN2O7/c1-33-21-11-17(27)9-15(22(21)35-13-14-3-5-16(26)6-4-14)10-19-23(30)29(25(32)28-19)12-18-7-8-20(36-18)24(31)34-2/h3-11H,12-13H2,1-2H3,(H,28,32)/b19-10-. The number of esters is 1. The Kier molecular flexibility index (Phi) is 7.66. The average molecular weight is 576 g/mol. The molecule has 0 atom stereocenters. The predicted octanol–water partition coefficient (Wildman–Crippen LogP) is 5.16. The molecule has 1 saturated heterocycles. The molecular formula is C25H20BrClN2O7. The molecule has 9 nitrogen and oxygen atoms in total. The zero-order valence-corrected chi connectivity index (χ0v) is 21.5. The van der Waals surface area contributed by atoms with Crippen molar-refractivity contribution in [2.75, 3.05) is 14.2 Å². The van der Waals surface area contributed by atoms with E-state index < -0.39 is 17.9 Å². The van der Waals surface area contributed by atoms with Crippen LogP contribution in [0.15, 0.2) is 63.1 Å². The van der Waals surface area contributed by atoms with Gasteiger partial charge in [0.1, 0.15) is 18.1 Å². The number of nitrogens with zero attached hydrogens (tertiary/aromatic N) is 1. The Balaban J connectivity index is 1.59. The summed E-state index contributed by atoms with van der Waals surface area (Å²) in [5.41, 5.74) is 1.36. The van der Waals surface area contributed by atoms with Gasteiger partial charge in [-0.05, 0) is 42.0 Å². The van der Waals surface area contributed by atoms with Crippen LogP contribution in [-0.2, 0) is 22.7 Å². The Hall–Kier alpha value is -3.76. The lowest BCUT2D eigenvalue weighted by Crippen LogP contribution is -2.30. The van der Waals surface area contributed by atoms with Gasteiger partial charge >= 0.3 is 12.0 Å². The van der Waals surface area contributed by atoms with E-state index in [-0.39, 0.29) is 30.4 Å². The number of hydrogen-bond donors (Lipinski definition) is 1. The largest absolute Gasteiger partial charge is 0.493 e. The third-order valence-corrected chi connectivity index (χ3v) is 5.94. The van der Waals surface area contributed by atoms with Crippen molar-refractivity contribution in [1.29, 1.82) is 0 Å². The van der Waals surface area contributed by atoms with Gasteiger partial charge in [0, 0.05) is 21.1 Å². The second-order valence-corrected chi connectivity index (χ2v) is 8.93. The number of furan rings is 1. The highest BCUT2D eigenvalue weighted by atomic mass is 79.9. The lowest BCUT2D eigenvalue weighted by Gasteiger charge is -2.15. The maximum Gasteiger partial charge on any atom is 0.373 e. The summed E-state index contributed by atoms with van der Waals surface area (Å²) in [5.74, 6) is -0.326. The van der Waals surface area contributed by atoms with Gasteiger partial charge in [-0.25, -0.2) is 9.59 Å². The highest BCUT2D eigenvalue weighted by Gasteiger charge is 2.34. The fourth-order valence-electron chi connectivity index (χ4n) is 3.44. The van der Waals surface area contributed by atoms with Crippen molar-refractivity contribution in [2.45, 2.75) is 13.2 Å². The first-order valence-electron chi connectivity index (χ1n) is 10.6. The average Bonchev–Trinajstić information content (AvgIpc) is 3.44. The molecule has 0 saturated carbocycles. The molecular weight excluding hydrogens is 556 g/mol. The summed E-state index contributed by atoms with van der Waals surface area (Å²) in [4.78, 5) is 38.1. The molecule has 186 valence electrons. The van der Waals surface area contributed by atoms with Gasteiger partial charge in [-0.1, -0.05) is 39.7 Å². The van der Waals surface area contributed by atoms with Crippen LogP contribution in [0.25, 0.3) is 6.08 Å². The summed E-state index contributed by atoms with van der Waals surface area (Å²) in [6, 6.07) is 13.1. The minimum atomic E-state index is -0.662. The zero-order chi connectivity index (χ0) is 25.8. The van der Waals surface area contributed by atoms with Crippen molar-refractivity contribution in [2.24, 2.45) is 0 Å². The first kappa shape index (κ1) is 25.3. The third kappa shape index (κ3) is 5.55. The number of amides is 3. The monoisotopic (exact) mass is 574 g/mol. The Morgan fingerprint density at radius 3 is 2.58 bits per heavy atom. The second kappa shape index (κ2) is 10.9. The van der Waals surface area contributed by atoms with E-state index in [1.54, 1.807) is 12.1 Å². The van der Waals surface area contributed by atoms with Gasteiger partial charge in [-0.3, -0.25) is 9.69 Å². The van der Waals surface area contributed by atoms with Crippen LogP contribution < -0.4 is 14.8 Å². The van der Waals surface area contributed by atoms with Crippen LogP contribution in [0.2, 0.25) is 5.02 Å². The van der Waals surface area contributed by atoms with Crippen molar-refractivity contribution >= 4 is 51.5 Å². The number of benzene rings is 2. The van der Waals surface area contributed by atoms with E-state index in [1.165, 1.54) is 32.4 Å². The number of ether oxygens (including phenoxy) is 3. The van der Waals surface area contributed by atoms with Gasteiger partial charge in [-0.15, -0.1) is 0 Å². The van der Waals surface area contributed by atoms with Crippen LogP contribution in [0, 0.1) is 0 Å². The molecule has 0 aliphatic carbocycles. The molecule has 36 heavy (non-hydrogen) atoms. The minimum absolute atomic E-state index is 0.0116. The van der Waals surface area contributed by atoms with Gasteiger partial charge in [0.05, 0.1) is 20.8 Å². The fraction of sp³-hybridized carbons (Fsp3) is 0.160. The molecule has 1 aliphatic heterocycles. The summed E-state index contributed by atoms with van der Waals surface area (Å²) < 4.78 is 22.4. The summed E-state index contributed by atoms with van der Waals surface area (Å²) in [6.45, 7) is 0.0552. The maximum absolute atomic E-state index is 13.0. The molecule has 11 heteroatoms. The molecule has 2 heterocycles. The Morgan fingerprint density at radius 2 is 1.89 bits per heavy atom. The molecule has 4 rings (SSSR count). The molecule has 3 amide bonds. The first-order valence-corrected chi connectivity index (χ1v) is 11.7. The Morgan fingerprint density at radius 1 is 1.14 bits per heavy atom. The summed E-state index contributed by atoms with van der Waals surface area (Å²) >= 11 is 9.66. The van der Waals surface area contributed by atoms with E-state index in [2.05, 4.69) is 26.0 Å². The van der Waals surface area contributed by atoms with E-state index >= 15 is 0 Å². The fourth-order valence-corrected chi connectivity index (χ4v) is 3.92. The van der Waals surface area contributed by atoms with Gasteiger partial charge in [0.25, 0.3) is 5.91 Å². The Labute approximate surface area is 219 Å². The number of hydrogen-bond acceptors (Lipinski definition) is 7. The SMILES string of the molecule is COC(=O)c1ccc(CN2C(=O)N/C(=C\c3cc(Cl)cc(OC)c3OCc3ccc(Br)cc3)C2=O)o1. The zero-order valence-electron chi connectivity index (χ0n) is 19.2. The first-order chi connectivity index (χ1) is 17.3. The molecule has 1 aliphatic rings. The van der Waals surface area contributed by atoms with E-state index in [9.17, 15) is 14.4 Å². The number of carbonyl (C=O) groups is 3. The highest BCUT2D eigenvalue weighted by Crippen LogP contribution is 2.37. The molecule has 0 radical (unpaired) electrons. The quantitative estimate of drug-likeness (QED) is 0.225. The number of rotatable bonds is 8. The summed E-state index contributed by atoms with van der Waals surface area (Å²) in [5, 5.41) is 2.90. The molecule has 0 bridgehead atoms. The lowest BCUT2D eigenvalue weighted by atomic mass is 10.1. The number of halogens is 2. The minimum Gasteiger partial charge on any atom is -0.493 e. The highest BCUT2D eigenvalue weighted by molar-refractivity contribution is 9.10. The second-order valence-electron chi connectivity index (χ2n) is 7.58. The summed E-state index contributed by atoms with van der Waals surface area (Å²) in [6.07, 6.45) is 1.47. The molecule has 1 N–H and O–H groups in total. The third-order valence-electron chi connectivity index (χ3n) is 5.19. The normalized spacial score (nSPS) is 14.2. The molecule has 1 aromatic heterocycles. The maximum atomic E-state index is 13.0. The van der Waals surface area contributed by atoms with Gasteiger partial charge < -0.3 is 23.9 Å². The molecule has 0 spiro atoms. The van der Waals surface area contributed by atoms with Gasteiger partial charge in [-0.2, -0.15) is 0 Å². The van der Waals surface area contributed by atoms with E-state index in [0.29, 0.717) is 22.1 Å². The van der Waals surface area contributed by atoms with Crippen LogP contribution in [-0.4, -0.2) is 37.0 Å². The van der Waals surface area contributed by atoms with Crippen molar-refractivity contribution in [3.05, 3.63) is 86.4 Å². The van der Waals surface area contributed by atoms with Crippen molar-refractivity contribution < 1.29 is 33.0 Å². The van der Waals surface area contributed by atoms with Crippen LogP contribution in [0.5, 0.6) is 11.5 Å². The van der Waals surface area contributed by atoms with Crippen LogP contribution in [0.3, 0.4) is 0 Å². The van der Waals surface area contributed by atoms with Crippen LogP contribution in [0.1, 0.15) is 27.4 Å². The van der Waals surface area contributed by atoms with Gasteiger partial charge in [0.2, 0.25) is 5.76 Å². The topological polar surface area (TPSA) is 107 Å². The lowest BCUT2D eigenvalue weighted by molar-refractivity contribution is -0.123. The number of nitrogens with one attached hydrogen (secondary N) is 1. The molecule has 0 unspecified atom stereocenters. The van der Waals surface area contributed by atoms with E-state index in [1.807, 2.05) is 24.3 Å². The van der Waals surface area contributed by atoms with E-state index in [4.69, 9.17) is 25.5 Å². The van der Waals surface area contributed by atoms with Crippen LogP contribution in [0.4, 0.5) is 4.79 Å². The van der Waals surface area contributed by atoms with Crippen LogP contribution >= 0.6 is 27.5 Å². The molecule has 1 fully saturated rings. The molecule has 2 aromatic carbocycles. The van der Waals surface area contributed by atoms with Crippen molar-refractivity contribution in [3.63, 3.8) is 0 Å².